The van der Waals surface area contributed by atoms with Crippen molar-refractivity contribution in [3.63, 3.8) is 0 Å². The van der Waals surface area contributed by atoms with Gasteiger partial charge in [0.15, 0.2) is 5.89 Å². The van der Waals surface area contributed by atoms with Crippen molar-refractivity contribution in [2.75, 3.05) is 6.54 Å². The van der Waals surface area contributed by atoms with Crippen LogP contribution in [0, 0.1) is 6.92 Å². The van der Waals surface area contributed by atoms with Crippen LogP contribution >= 0.6 is 0 Å². The fourth-order valence-corrected chi connectivity index (χ4v) is 3.81. The fraction of sp³-hybridized carbons (Fsp3) is 0.400. The molecule has 0 spiro atoms. The number of carbonyl (C=O) groups is 1. The number of oxazole rings is 1. The first-order chi connectivity index (χ1) is 13.1. The van der Waals surface area contributed by atoms with Gasteiger partial charge in [0, 0.05) is 30.8 Å². The molecule has 0 unspecified atom stereocenters. The maximum atomic E-state index is 13.0. The number of hydrogen-bond acceptors (Lipinski definition) is 5. The minimum absolute atomic E-state index is 0.0907. The number of nitrogens with zero attached hydrogens (tertiary/aromatic N) is 4. The van der Waals surface area contributed by atoms with Gasteiger partial charge in [-0.15, -0.1) is 0 Å². The standard InChI is InChI=1S/C20H20N4O3/c1-12-4-2-7-17-21-10-14(20(26)24(12)17)19(25)23-9-8-16-15(11-23)22-18(27-16)13-5-3-6-13/h2,4,7,10,13H,3,5-6,8-9,11H2,1H3. The third-order valence-electron chi connectivity index (χ3n) is 5.64. The van der Waals surface area contributed by atoms with Crippen LogP contribution in [0.15, 0.2) is 33.6 Å². The topological polar surface area (TPSA) is 80.7 Å². The quantitative estimate of drug-likeness (QED) is 0.698. The molecule has 3 aromatic rings. The Hall–Kier alpha value is -2.96. The van der Waals surface area contributed by atoms with Crippen LogP contribution < -0.4 is 5.56 Å². The number of pyridine rings is 1. The summed E-state index contributed by atoms with van der Waals surface area (Å²) in [5, 5.41) is 0. The second kappa shape index (κ2) is 6.04. The summed E-state index contributed by atoms with van der Waals surface area (Å²) in [5.41, 5.74) is 1.88. The smallest absolute Gasteiger partial charge is 0.270 e. The largest absolute Gasteiger partial charge is 0.445 e. The molecule has 7 heteroatoms. The van der Waals surface area contributed by atoms with Crippen LogP contribution in [0.25, 0.3) is 5.65 Å². The minimum Gasteiger partial charge on any atom is -0.445 e. The summed E-state index contributed by atoms with van der Waals surface area (Å²) in [6.07, 6.45) is 5.49. The lowest BCUT2D eigenvalue weighted by atomic mass is 9.85. The molecule has 138 valence electrons. The monoisotopic (exact) mass is 364 g/mol. The number of fused-ring (bicyclic) bond motifs is 2. The zero-order valence-electron chi connectivity index (χ0n) is 15.1. The molecular weight excluding hydrogens is 344 g/mol. The normalized spacial score (nSPS) is 17.0. The third kappa shape index (κ3) is 2.57. The summed E-state index contributed by atoms with van der Waals surface area (Å²) >= 11 is 0. The highest BCUT2D eigenvalue weighted by Crippen LogP contribution is 2.37. The summed E-state index contributed by atoms with van der Waals surface area (Å²) in [6.45, 7) is 2.72. The molecule has 0 atom stereocenters. The lowest BCUT2D eigenvalue weighted by Crippen LogP contribution is -2.39. The van der Waals surface area contributed by atoms with Gasteiger partial charge in [-0.05, 0) is 31.9 Å². The number of hydrogen-bond donors (Lipinski definition) is 0. The molecule has 1 saturated carbocycles. The van der Waals surface area contributed by atoms with E-state index in [1.54, 1.807) is 11.0 Å². The van der Waals surface area contributed by atoms with E-state index in [1.165, 1.54) is 17.0 Å². The molecule has 1 fully saturated rings. The van der Waals surface area contributed by atoms with Crippen molar-refractivity contribution in [2.45, 2.75) is 45.1 Å². The Labute approximate surface area is 155 Å². The SMILES string of the molecule is Cc1cccc2ncc(C(=O)N3CCc4oc(C5CCC5)nc4C3)c(=O)n12. The lowest BCUT2D eigenvalue weighted by Gasteiger charge is -2.25. The zero-order valence-corrected chi connectivity index (χ0v) is 15.1. The van der Waals surface area contributed by atoms with Crippen LogP contribution in [0.3, 0.4) is 0 Å². The molecule has 0 aromatic carbocycles. The Bertz CT molecular complexity index is 1110. The Kier molecular flexibility index (Phi) is 3.63. The maximum absolute atomic E-state index is 13.0. The number of rotatable bonds is 2. The van der Waals surface area contributed by atoms with Crippen LogP contribution in [0.2, 0.25) is 0 Å². The molecule has 2 aliphatic rings. The highest BCUT2D eigenvalue weighted by Gasteiger charge is 2.31. The maximum Gasteiger partial charge on any atom is 0.270 e. The van der Waals surface area contributed by atoms with Crippen LogP contribution in [0.4, 0.5) is 0 Å². The summed E-state index contributed by atoms with van der Waals surface area (Å²) in [6, 6.07) is 5.43. The second-order valence-corrected chi connectivity index (χ2v) is 7.36. The Morgan fingerprint density at radius 2 is 2.15 bits per heavy atom. The van der Waals surface area contributed by atoms with E-state index in [2.05, 4.69) is 9.97 Å². The molecule has 0 radical (unpaired) electrons. The molecule has 0 bridgehead atoms. The van der Waals surface area contributed by atoms with Crippen molar-refractivity contribution in [3.05, 3.63) is 63.4 Å². The van der Waals surface area contributed by atoms with Gasteiger partial charge in [0.25, 0.3) is 11.5 Å². The molecule has 1 amide bonds. The fourth-order valence-electron chi connectivity index (χ4n) is 3.81. The van der Waals surface area contributed by atoms with E-state index in [4.69, 9.17) is 4.42 Å². The highest BCUT2D eigenvalue weighted by molar-refractivity contribution is 5.93. The Morgan fingerprint density at radius 1 is 1.30 bits per heavy atom. The number of amides is 1. The van der Waals surface area contributed by atoms with Crippen molar-refractivity contribution >= 4 is 11.6 Å². The molecule has 1 aliphatic heterocycles. The van der Waals surface area contributed by atoms with Gasteiger partial charge in [0.1, 0.15) is 22.7 Å². The van der Waals surface area contributed by atoms with Gasteiger partial charge >= 0.3 is 0 Å². The molecule has 5 rings (SSSR count). The number of carbonyl (C=O) groups excluding carboxylic acids is 1. The van der Waals surface area contributed by atoms with Crippen molar-refractivity contribution in [1.82, 2.24) is 19.3 Å². The van der Waals surface area contributed by atoms with Crippen molar-refractivity contribution in [2.24, 2.45) is 0 Å². The molecule has 4 heterocycles. The van der Waals surface area contributed by atoms with E-state index in [0.29, 0.717) is 31.1 Å². The van der Waals surface area contributed by atoms with E-state index >= 15 is 0 Å². The first kappa shape index (κ1) is 16.2. The van der Waals surface area contributed by atoms with E-state index in [9.17, 15) is 9.59 Å². The van der Waals surface area contributed by atoms with E-state index in [1.807, 2.05) is 19.1 Å². The second-order valence-electron chi connectivity index (χ2n) is 7.36. The highest BCUT2D eigenvalue weighted by atomic mass is 16.4. The van der Waals surface area contributed by atoms with Gasteiger partial charge < -0.3 is 9.32 Å². The van der Waals surface area contributed by atoms with Crippen LogP contribution in [0.1, 0.15) is 58.6 Å². The average Bonchev–Trinajstić information content (AvgIpc) is 3.02. The predicted molar refractivity (Wildman–Crippen MR) is 97.7 cm³/mol. The van der Waals surface area contributed by atoms with Crippen molar-refractivity contribution in [1.29, 1.82) is 0 Å². The Balaban J connectivity index is 1.46. The molecule has 3 aromatic heterocycles. The molecule has 7 nitrogen and oxygen atoms in total. The third-order valence-corrected chi connectivity index (χ3v) is 5.64. The van der Waals surface area contributed by atoms with E-state index in [-0.39, 0.29) is 17.0 Å². The molecule has 1 aliphatic carbocycles. The van der Waals surface area contributed by atoms with Gasteiger partial charge in [0.05, 0.1) is 6.54 Å². The Morgan fingerprint density at radius 3 is 2.93 bits per heavy atom. The van der Waals surface area contributed by atoms with Crippen molar-refractivity contribution < 1.29 is 9.21 Å². The summed E-state index contributed by atoms with van der Waals surface area (Å²) in [7, 11) is 0. The first-order valence-electron chi connectivity index (χ1n) is 9.37. The van der Waals surface area contributed by atoms with Gasteiger partial charge in [-0.3, -0.25) is 14.0 Å². The van der Waals surface area contributed by atoms with Gasteiger partial charge in [-0.1, -0.05) is 12.5 Å². The van der Waals surface area contributed by atoms with Crippen LogP contribution in [0.5, 0.6) is 0 Å². The summed E-state index contributed by atoms with van der Waals surface area (Å²) in [4.78, 5) is 36.4. The minimum atomic E-state index is -0.329. The molecule has 0 N–H and O–H groups in total. The van der Waals surface area contributed by atoms with Gasteiger partial charge in [-0.2, -0.15) is 0 Å². The van der Waals surface area contributed by atoms with Crippen LogP contribution in [-0.2, 0) is 13.0 Å². The van der Waals surface area contributed by atoms with Crippen LogP contribution in [-0.4, -0.2) is 31.7 Å². The zero-order chi connectivity index (χ0) is 18.5. The van der Waals surface area contributed by atoms with Crippen molar-refractivity contribution in [3.8, 4) is 0 Å². The molecule has 27 heavy (non-hydrogen) atoms. The summed E-state index contributed by atoms with van der Waals surface area (Å²) in [5.74, 6) is 1.81. The predicted octanol–water partition coefficient (Wildman–Crippen LogP) is 2.46. The number of aryl methyl sites for hydroxylation is 1. The van der Waals surface area contributed by atoms with Gasteiger partial charge in [-0.25, -0.2) is 9.97 Å². The summed E-state index contributed by atoms with van der Waals surface area (Å²) < 4.78 is 7.39. The number of aromatic nitrogens is 3. The average molecular weight is 364 g/mol. The molecular formula is C20H20N4O3. The lowest BCUT2D eigenvalue weighted by molar-refractivity contribution is 0.0725. The van der Waals surface area contributed by atoms with Gasteiger partial charge in [0.2, 0.25) is 0 Å². The van der Waals surface area contributed by atoms with E-state index < -0.39 is 0 Å². The first-order valence-corrected chi connectivity index (χ1v) is 9.37. The van der Waals surface area contributed by atoms with E-state index in [0.717, 1.165) is 35.9 Å². The molecule has 0 saturated heterocycles.